The molecule has 1 aromatic carbocycles. The van der Waals surface area contributed by atoms with Crippen LogP contribution in [0.4, 0.5) is 11.4 Å². The van der Waals surface area contributed by atoms with Gasteiger partial charge in [0.05, 0.1) is 21.4 Å². The molecule has 0 saturated carbocycles. The van der Waals surface area contributed by atoms with Crippen molar-refractivity contribution in [1.29, 1.82) is 0 Å². The Morgan fingerprint density at radius 1 is 1.40 bits per heavy atom. The third kappa shape index (κ3) is 3.40. The fourth-order valence-corrected chi connectivity index (χ4v) is 2.83. The van der Waals surface area contributed by atoms with Crippen molar-refractivity contribution >= 4 is 43.0 Å². The van der Waals surface area contributed by atoms with E-state index in [4.69, 9.17) is 0 Å². The average Bonchev–Trinajstić information content (AvgIpc) is 2.80. The second kappa shape index (κ2) is 5.69. The first kappa shape index (κ1) is 14.6. The normalized spacial score (nSPS) is 11.7. The number of benzene rings is 1. The van der Waals surface area contributed by atoms with Crippen LogP contribution < -0.4 is 10.0 Å². The number of nitrogens with one attached hydrogen (secondary N) is 2. The fourth-order valence-electron chi connectivity index (χ4n) is 1.68. The number of fused-ring (bicyclic) bond motifs is 1. The molecule has 0 bridgehead atoms. The monoisotopic (exact) mass is 316 g/mol. The maximum absolute atomic E-state index is 11.1. The van der Waals surface area contributed by atoms with Gasteiger partial charge in [-0.1, -0.05) is 0 Å². The second-order valence-electron chi connectivity index (χ2n) is 4.01. The van der Waals surface area contributed by atoms with Crippen molar-refractivity contribution in [3.05, 3.63) is 27.8 Å². The molecule has 0 amide bonds. The number of hydrogen-bond acceptors (Lipinski definition) is 7. The molecule has 1 aromatic heterocycles. The maximum atomic E-state index is 11.1. The predicted molar refractivity (Wildman–Crippen MR) is 77.6 cm³/mol. The number of aromatic nitrogens is 1. The lowest BCUT2D eigenvalue weighted by atomic mass is 10.2. The topological polar surface area (TPSA) is 114 Å². The van der Waals surface area contributed by atoms with E-state index < -0.39 is 14.9 Å². The summed E-state index contributed by atoms with van der Waals surface area (Å²) in [5.41, 5.74) is 2.11. The Bertz CT molecular complexity index is 741. The summed E-state index contributed by atoms with van der Waals surface area (Å²) in [4.78, 5) is 14.6. The van der Waals surface area contributed by atoms with E-state index in [0.717, 1.165) is 11.0 Å². The summed E-state index contributed by atoms with van der Waals surface area (Å²) in [6.45, 7) is 0.384. The molecule has 0 aliphatic heterocycles. The molecule has 0 atom stereocenters. The van der Waals surface area contributed by atoms with Crippen LogP contribution >= 0.6 is 11.3 Å². The maximum Gasteiger partial charge on any atom is 0.319 e. The number of thiazole rings is 1. The summed E-state index contributed by atoms with van der Waals surface area (Å²) >= 11 is 1.32. The van der Waals surface area contributed by atoms with E-state index in [1.54, 1.807) is 17.6 Å². The minimum Gasteiger partial charge on any atom is -0.378 e. The Balaban J connectivity index is 2.17. The van der Waals surface area contributed by atoms with Gasteiger partial charge < -0.3 is 5.32 Å². The smallest absolute Gasteiger partial charge is 0.319 e. The van der Waals surface area contributed by atoms with Crippen LogP contribution in [0.5, 0.6) is 0 Å². The zero-order valence-electron chi connectivity index (χ0n) is 10.5. The van der Waals surface area contributed by atoms with Crippen LogP contribution in [0.3, 0.4) is 0 Å². The Kier molecular flexibility index (Phi) is 4.16. The Labute approximate surface area is 119 Å². The molecule has 10 heteroatoms. The van der Waals surface area contributed by atoms with Crippen molar-refractivity contribution in [3.8, 4) is 0 Å². The lowest BCUT2D eigenvalue weighted by Crippen LogP contribution is -2.27. The molecule has 2 aromatic rings. The zero-order chi connectivity index (χ0) is 14.8. The summed E-state index contributed by atoms with van der Waals surface area (Å²) in [7, 11) is -3.27. The van der Waals surface area contributed by atoms with Gasteiger partial charge in [0.15, 0.2) is 5.52 Å². The third-order valence-electron chi connectivity index (χ3n) is 2.46. The highest BCUT2D eigenvalue weighted by Crippen LogP contribution is 2.34. The van der Waals surface area contributed by atoms with Crippen LogP contribution in [-0.4, -0.2) is 37.7 Å². The van der Waals surface area contributed by atoms with Gasteiger partial charge in [-0.05, 0) is 12.1 Å². The highest BCUT2D eigenvalue weighted by molar-refractivity contribution is 7.88. The first-order valence-electron chi connectivity index (χ1n) is 5.57. The number of sulfonamides is 1. The minimum atomic E-state index is -3.27. The Morgan fingerprint density at radius 3 is 2.80 bits per heavy atom. The van der Waals surface area contributed by atoms with E-state index in [0.29, 0.717) is 11.2 Å². The fraction of sp³-hybridized carbons (Fsp3) is 0.300. The van der Waals surface area contributed by atoms with E-state index in [-0.39, 0.29) is 18.8 Å². The molecule has 108 valence electrons. The number of hydrogen-bond donors (Lipinski definition) is 2. The van der Waals surface area contributed by atoms with E-state index >= 15 is 0 Å². The molecule has 0 spiro atoms. The number of nitro groups is 1. The quantitative estimate of drug-likeness (QED) is 0.469. The summed E-state index contributed by atoms with van der Waals surface area (Å²) in [5.74, 6) is 0. The molecular weight excluding hydrogens is 304 g/mol. The average molecular weight is 316 g/mol. The Morgan fingerprint density at radius 2 is 2.15 bits per heavy atom. The largest absolute Gasteiger partial charge is 0.378 e. The van der Waals surface area contributed by atoms with Crippen molar-refractivity contribution in [1.82, 2.24) is 9.71 Å². The molecule has 0 radical (unpaired) electrons. The molecule has 20 heavy (non-hydrogen) atoms. The molecule has 0 unspecified atom stereocenters. The zero-order valence-corrected chi connectivity index (χ0v) is 12.1. The molecule has 0 aliphatic carbocycles. The van der Waals surface area contributed by atoms with Gasteiger partial charge in [-0.15, -0.1) is 11.3 Å². The number of anilines is 1. The van der Waals surface area contributed by atoms with Crippen LogP contribution in [0.15, 0.2) is 17.6 Å². The second-order valence-corrected chi connectivity index (χ2v) is 6.73. The highest BCUT2D eigenvalue weighted by atomic mass is 32.2. The third-order valence-corrected chi connectivity index (χ3v) is 3.99. The van der Waals surface area contributed by atoms with E-state index in [2.05, 4.69) is 15.0 Å². The van der Waals surface area contributed by atoms with Gasteiger partial charge >= 0.3 is 5.69 Å². The summed E-state index contributed by atoms with van der Waals surface area (Å²) in [5, 5.41) is 14.0. The molecule has 0 saturated heterocycles. The van der Waals surface area contributed by atoms with E-state index in [9.17, 15) is 18.5 Å². The number of rotatable bonds is 6. The standard InChI is InChI=1S/C10H12N4O4S2/c1-20(17,18)13-5-4-11-7-2-3-8-9(12-6-19-8)10(7)14(15)16/h2-3,6,11,13H,4-5H2,1H3. The van der Waals surface area contributed by atoms with Crippen LogP contribution in [-0.2, 0) is 10.0 Å². The molecule has 1 heterocycles. The predicted octanol–water partition coefficient (Wildman–Crippen LogP) is 1.17. The van der Waals surface area contributed by atoms with Crippen LogP contribution in [0, 0.1) is 10.1 Å². The minimum absolute atomic E-state index is 0.0943. The first-order valence-corrected chi connectivity index (χ1v) is 8.34. The van der Waals surface area contributed by atoms with E-state index in [1.165, 1.54) is 11.3 Å². The SMILES string of the molecule is CS(=O)(=O)NCCNc1ccc2scnc2c1[N+](=O)[O-]. The van der Waals surface area contributed by atoms with Gasteiger partial charge in [0.25, 0.3) is 0 Å². The van der Waals surface area contributed by atoms with Gasteiger partial charge in [-0.3, -0.25) is 10.1 Å². The van der Waals surface area contributed by atoms with Gasteiger partial charge in [0.2, 0.25) is 10.0 Å². The lowest BCUT2D eigenvalue weighted by Gasteiger charge is -2.07. The Hall–Kier alpha value is -1.78. The lowest BCUT2D eigenvalue weighted by molar-refractivity contribution is -0.382. The van der Waals surface area contributed by atoms with Crippen molar-refractivity contribution in [3.63, 3.8) is 0 Å². The van der Waals surface area contributed by atoms with Crippen LogP contribution in [0.1, 0.15) is 0 Å². The van der Waals surface area contributed by atoms with Crippen molar-refractivity contribution in [2.45, 2.75) is 0 Å². The van der Waals surface area contributed by atoms with Crippen molar-refractivity contribution in [2.75, 3.05) is 24.7 Å². The summed E-state index contributed by atoms with van der Waals surface area (Å²) < 4.78 is 24.8. The van der Waals surface area contributed by atoms with Crippen molar-refractivity contribution in [2.24, 2.45) is 0 Å². The molecule has 2 rings (SSSR count). The van der Waals surface area contributed by atoms with Gasteiger partial charge in [-0.25, -0.2) is 18.1 Å². The first-order chi connectivity index (χ1) is 9.38. The molecule has 0 aliphatic rings. The van der Waals surface area contributed by atoms with Crippen molar-refractivity contribution < 1.29 is 13.3 Å². The van der Waals surface area contributed by atoms with Crippen LogP contribution in [0.25, 0.3) is 10.2 Å². The van der Waals surface area contributed by atoms with E-state index in [1.807, 2.05) is 0 Å². The van der Waals surface area contributed by atoms with Crippen LogP contribution in [0.2, 0.25) is 0 Å². The summed E-state index contributed by atoms with van der Waals surface area (Å²) in [6, 6.07) is 3.34. The molecular formula is C10H12N4O4S2. The molecule has 0 fully saturated rings. The molecule has 2 N–H and O–H groups in total. The van der Waals surface area contributed by atoms with Gasteiger partial charge in [0, 0.05) is 13.1 Å². The number of nitro benzene ring substituents is 1. The highest BCUT2D eigenvalue weighted by Gasteiger charge is 2.20. The summed E-state index contributed by atoms with van der Waals surface area (Å²) in [6.07, 6.45) is 1.05. The van der Waals surface area contributed by atoms with Gasteiger partial charge in [0.1, 0.15) is 5.69 Å². The molecule has 8 nitrogen and oxygen atoms in total. The van der Waals surface area contributed by atoms with Gasteiger partial charge in [-0.2, -0.15) is 0 Å². The number of nitrogens with zero attached hydrogens (tertiary/aromatic N) is 2.